The van der Waals surface area contributed by atoms with E-state index in [9.17, 15) is 0 Å². The summed E-state index contributed by atoms with van der Waals surface area (Å²) in [6.07, 6.45) is 6.86. The maximum Gasteiger partial charge on any atom is 0.222 e. The van der Waals surface area contributed by atoms with Gasteiger partial charge in [-0.05, 0) is 0 Å². The van der Waals surface area contributed by atoms with E-state index in [1.165, 1.54) is 11.3 Å². The topological polar surface area (TPSA) is 38.9 Å². The van der Waals surface area contributed by atoms with Crippen molar-refractivity contribution in [2.45, 2.75) is 0 Å². The smallest absolute Gasteiger partial charge is 0.222 e. The fraction of sp³-hybridized carbons (Fsp3) is 0. The summed E-state index contributed by atoms with van der Waals surface area (Å²) in [4.78, 5) is 5.11. The van der Waals surface area contributed by atoms with Crippen molar-refractivity contribution < 1.29 is 0 Å². The van der Waals surface area contributed by atoms with Gasteiger partial charge in [0.1, 0.15) is 10.6 Å². The molecule has 0 spiro atoms. The van der Waals surface area contributed by atoms with Gasteiger partial charge < -0.3 is 5.73 Å². The second-order valence-electron chi connectivity index (χ2n) is 2.08. The van der Waals surface area contributed by atoms with Gasteiger partial charge in [0.05, 0.1) is 12.2 Å². The number of allylic oxidation sites excluding steroid dienone is 2. The van der Waals surface area contributed by atoms with Gasteiger partial charge in [-0.2, -0.15) is 4.98 Å². The third-order valence-electron chi connectivity index (χ3n) is 1.29. The highest BCUT2D eigenvalue weighted by atomic mass is 79.9. The lowest BCUT2D eigenvalue weighted by Gasteiger charge is -1.84. The van der Waals surface area contributed by atoms with Crippen LogP contribution in [0.3, 0.4) is 0 Å². The van der Waals surface area contributed by atoms with Crippen molar-refractivity contribution >= 4 is 38.5 Å². The molecule has 4 heteroatoms. The number of nitrogens with zero attached hydrogens (tertiary/aromatic N) is 1. The molecule has 0 unspecified atom stereocenters. The van der Waals surface area contributed by atoms with Crippen LogP contribution in [0.2, 0.25) is 0 Å². The van der Waals surface area contributed by atoms with Crippen molar-refractivity contribution in [2.24, 2.45) is 0 Å². The third kappa shape index (κ3) is 1.20. The molecule has 1 aliphatic rings. The number of anilines is 1. The Hall–Kier alpha value is -0.700. The minimum atomic E-state index is 0.592. The normalized spacial score (nSPS) is 13.7. The molecule has 0 fully saturated rings. The highest BCUT2D eigenvalue weighted by molar-refractivity contribution is 9.12. The second kappa shape index (κ2) is 2.41. The monoisotopic (exact) mass is 227 g/mol. The summed E-state index contributed by atoms with van der Waals surface area (Å²) in [5.41, 5.74) is 6.42. The lowest BCUT2D eigenvalue weighted by atomic mass is 10.2. The summed E-state index contributed by atoms with van der Waals surface area (Å²) in [7, 11) is 0. The number of fused-ring (bicyclic) bond motifs is 1. The number of nitrogen functional groups attached to an aromatic ring is 1. The molecule has 1 aromatic heterocycles. The fourth-order valence-corrected chi connectivity index (χ4v) is 1.87. The molecule has 0 atom stereocenters. The minimum Gasteiger partial charge on any atom is -0.374 e. The number of halogens is 1. The van der Waals surface area contributed by atoms with Crippen LogP contribution in [0.1, 0.15) is 10.6 Å². The van der Waals surface area contributed by atoms with Crippen LogP contribution >= 0.6 is 27.3 Å². The van der Waals surface area contributed by atoms with Crippen LogP contribution in [-0.2, 0) is 0 Å². The summed E-state index contributed by atoms with van der Waals surface area (Å²) < 4.78 is 0.982. The molecule has 0 saturated carbocycles. The van der Waals surface area contributed by atoms with E-state index in [-0.39, 0.29) is 0 Å². The molecule has 0 saturated heterocycles. The number of hydrogen-bond donors (Lipinski definition) is 1. The molecule has 54 valence electrons. The minimum absolute atomic E-state index is 0.592. The molecule has 1 aromatic rings. The van der Waals surface area contributed by atoms with Gasteiger partial charge in [0, 0.05) is 15.9 Å². The standard InChI is InChI=1S/C7H4BrN2S/c8-4-1-2-6-5(3-4)10-7(9)11-6/h1,3H,(H2,9,10)/q+1. The van der Waals surface area contributed by atoms with Gasteiger partial charge in [-0.15, -0.1) is 0 Å². The Morgan fingerprint density at radius 1 is 1.64 bits per heavy atom. The van der Waals surface area contributed by atoms with Crippen LogP contribution in [0.15, 0.2) is 10.6 Å². The first-order valence-electron chi connectivity index (χ1n) is 2.99. The van der Waals surface area contributed by atoms with Crippen LogP contribution in [0.25, 0.3) is 6.08 Å². The van der Waals surface area contributed by atoms with Crippen LogP contribution in [-0.4, -0.2) is 4.98 Å². The molecule has 0 aromatic carbocycles. The summed E-state index contributed by atoms with van der Waals surface area (Å²) in [5.74, 6) is 0. The Morgan fingerprint density at radius 3 is 3.27 bits per heavy atom. The Bertz CT molecular complexity index is 351. The van der Waals surface area contributed by atoms with Crippen molar-refractivity contribution in [2.75, 3.05) is 5.73 Å². The fourth-order valence-electron chi connectivity index (χ4n) is 0.857. The average Bonchev–Trinajstić information content (AvgIpc) is 2.27. The number of nitrogens with two attached hydrogens (primary N) is 1. The lowest BCUT2D eigenvalue weighted by molar-refractivity contribution is 1.36. The zero-order valence-electron chi connectivity index (χ0n) is 5.47. The summed E-state index contributed by atoms with van der Waals surface area (Å²) in [6.45, 7) is 0. The molecular formula is C7H4BrN2S+. The van der Waals surface area contributed by atoms with Crippen LogP contribution in [0.5, 0.6) is 0 Å². The molecular weight excluding hydrogens is 224 g/mol. The van der Waals surface area contributed by atoms with Crippen molar-refractivity contribution in [1.29, 1.82) is 0 Å². The number of aromatic nitrogens is 1. The van der Waals surface area contributed by atoms with Crippen molar-refractivity contribution in [3.05, 3.63) is 27.2 Å². The first kappa shape index (κ1) is 6.98. The Balaban J connectivity index is 2.60. The predicted molar refractivity (Wildman–Crippen MR) is 50.3 cm³/mol. The Morgan fingerprint density at radius 2 is 2.45 bits per heavy atom. The Kier molecular flexibility index (Phi) is 1.53. The number of hydrogen-bond acceptors (Lipinski definition) is 3. The van der Waals surface area contributed by atoms with E-state index < -0.39 is 0 Å². The van der Waals surface area contributed by atoms with E-state index in [2.05, 4.69) is 27.0 Å². The Labute approximate surface area is 76.6 Å². The van der Waals surface area contributed by atoms with Gasteiger partial charge in [0.2, 0.25) is 4.88 Å². The quantitative estimate of drug-likeness (QED) is 0.691. The first-order valence-corrected chi connectivity index (χ1v) is 4.60. The number of rotatable bonds is 0. The molecule has 0 bridgehead atoms. The zero-order chi connectivity index (χ0) is 7.84. The molecule has 1 heterocycles. The van der Waals surface area contributed by atoms with Crippen molar-refractivity contribution in [1.82, 2.24) is 4.98 Å². The van der Waals surface area contributed by atoms with Gasteiger partial charge in [0.15, 0.2) is 10.8 Å². The van der Waals surface area contributed by atoms with Crippen LogP contribution in [0, 0.1) is 6.08 Å². The largest absolute Gasteiger partial charge is 0.374 e. The van der Waals surface area contributed by atoms with Gasteiger partial charge in [-0.3, -0.25) is 0 Å². The maximum absolute atomic E-state index is 5.51. The SMILES string of the molecule is Nc1nc2c(s1)[C+]=CC(Br)=C2. The van der Waals surface area contributed by atoms with E-state index in [0.717, 1.165) is 15.1 Å². The average molecular weight is 228 g/mol. The van der Waals surface area contributed by atoms with E-state index in [4.69, 9.17) is 5.73 Å². The lowest BCUT2D eigenvalue weighted by Crippen LogP contribution is -1.84. The zero-order valence-corrected chi connectivity index (χ0v) is 7.87. The molecule has 0 radical (unpaired) electrons. The van der Waals surface area contributed by atoms with Gasteiger partial charge in [-0.25, -0.2) is 0 Å². The van der Waals surface area contributed by atoms with E-state index in [1.807, 2.05) is 12.2 Å². The molecule has 11 heavy (non-hydrogen) atoms. The van der Waals surface area contributed by atoms with Crippen LogP contribution in [0.4, 0.5) is 5.13 Å². The molecule has 2 nitrogen and oxygen atoms in total. The molecule has 0 aliphatic heterocycles. The third-order valence-corrected chi connectivity index (χ3v) is 2.58. The summed E-state index contributed by atoms with van der Waals surface area (Å²) >= 11 is 4.79. The van der Waals surface area contributed by atoms with E-state index in [0.29, 0.717) is 5.13 Å². The predicted octanol–water partition coefficient (Wildman–Crippen LogP) is 2.18. The van der Waals surface area contributed by atoms with Crippen LogP contribution < -0.4 is 5.73 Å². The number of thiazole rings is 1. The van der Waals surface area contributed by atoms with Crippen molar-refractivity contribution in [3.63, 3.8) is 0 Å². The molecule has 2 N–H and O–H groups in total. The van der Waals surface area contributed by atoms with Crippen molar-refractivity contribution in [3.8, 4) is 0 Å². The highest BCUT2D eigenvalue weighted by Gasteiger charge is 2.18. The molecule has 1 aliphatic carbocycles. The summed E-state index contributed by atoms with van der Waals surface area (Å²) in [5, 5.41) is 0.592. The van der Waals surface area contributed by atoms with Gasteiger partial charge in [0.25, 0.3) is 0 Å². The van der Waals surface area contributed by atoms with Gasteiger partial charge >= 0.3 is 0 Å². The summed E-state index contributed by atoms with van der Waals surface area (Å²) in [6, 6.07) is 0. The maximum atomic E-state index is 5.51. The van der Waals surface area contributed by atoms with E-state index >= 15 is 0 Å². The molecule has 2 rings (SSSR count). The second-order valence-corrected chi connectivity index (χ2v) is 4.03. The van der Waals surface area contributed by atoms with Gasteiger partial charge in [-0.1, -0.05) is 11.3 Å². The first-order chi connectivity index (χ1) is 5.25. The highest BCUT2D eigenvalue weighted by Crippen LogP contribution is 2.28. The molecule has 0 amide bonds. The van der Waals surface area contributed by atoms with E-state index in [1.54, 1.807) is 0 Å².